The van der Waals surface area contributed by atoms with Crippen LogP contribution < -0.4 is 16.6 Å². The maximum absolute atomic E-state index is 10.8. The molecule has 0 bridgehead atoms. The fraction of sp³-hybridized carbons (Fsp3) is 0.125. The Kier molecular flexibility index (Phi) is 3.60. The van der Waals surface area contributed by atoms with Gasteiger partial charge in [0.1, 0.15) is 0 Å². The van der Waals surface area contributed by atoms with E-state index in [-0.39, 0.29) is 0 Å². The average Bonchev–Trinajstić information content (AvgIpc) is 2.18. The Bertz CT molecular complexity index is 303. The molecule has 0 aliphatic heterocycles. The van der Waals surface area contributed by atoms with Gasteiger partial charge in [-0.1, -0.05) is 6.07 Å². The van der Waals surface area contributed by atoms with E-state index in [0.717, 1.165) is 10.6 Å². The molecule has 70 valence electrons. The standard InChI is InChI=1S/C8H11N3OS/c1-13-7-4-2-3-6(5-7)10-8(12)11-9/h2-5H,9H2,1H3,(H2,10,11,12). The fourth-order valence-corrected chi connectivity index (χ4v) is 1.33. The number of benzene rings is 1. The van der Waals surface area contributed by atoms with Crippen LogP contribution in [0.3, 0.4) is 0 Å². The van der Waals surface area contributed by atoms with E-state index in [9.17, 15) is 4.79 Å². The summed E-state index contributed by atoms with van der Waals surface area (Å²) in [5, 5.41) is 2.58. The second kappa shape index (κ2) is 4.74. The summed E-state index contributed by atoms with van der Waals surface area (Å²) in [4.78, 5) is 11.9. The summed E-state index contributed by atoms with van der Waals surface area (Å²) in [6, 6.07) is 7.10. The minimum absolute atomic E-state index is 0.418. The smallest absolute Gasteiger partial charge is 0.307 e. The maximum Gasteiger partial charge on any atom is 0.333 e. The van der Waals surface area contributed by atoms with E-state index < -0.39 is 6.03 Å². The van der Waals surface area contributed by atoms with E-state index >= 15 is 0 Å². The Morgan fingerprint density at radius 1 is 1.54 bits per heavy atom. The molecule has 0 unspecified atom stereocenters. The van der Waals surface area contributed by atoms with Crippen molar-refractivity contribution in [2.24, 2.45) is 5.84 Å². The van der Waals surface area contributed by atoms with Crippen LogP contribution in [0.5, 0.6) is 0 Å². The minimum Gasteiger partial charge on any atom is -0.307 e. The molecule has 0 radical (unpaired) electrons. The molecule has 0 heterocycles. The molecular weight excluding hydrogens is 186 g/mol. The summed E-state index contributed by atoms with van der Waals surface area (Å²) in [6.07, 6.45) is 1.97. The minimum atomic E-state index is -0.418. The van der Waals surface area contributed by atoms with Crippen molar-refractivity contribution in [3.8, 4) is 0 Å². The number of amides is 2. The molecule has 4 N–H and O–H groups in total. The van der Waals surface area contributed by atoms with Crippen LogP contribution in [-0.2, 0) is 0 Å². The van der Waals surface area contributed by atoms with Crippen LogP contribution in [0.2, 0.25) is 0 Å². The number of rotatable bonds is 2. The molecule has 5 heteroatoms. The Morgan fingerprint density at radius 3 is 2.92 bits per heavy atom. The topological polar surface area (TPSA) is 67.2 Å². The monoisotopic (exact) mass is 197 g/mol. The first-order valence-electron chi connectivity index (χ1n) is 3.68. The van der Waals surface area contributed by atoms with Crippen LogP contribution in [0.4, 0.5) is 10.5 Å². The summed E-state index contributed by atoms with van der Waals surface area (Å²) in [5.74, 6) is 4.92. The zero-order valence-electron chi connectivity index (χ0n) is 7.20. The molecule has 0 fully saturated rings. The van der Waals surface area contributed by atoms with Gasteiger partial charge in [0.25, 0.3) is 0 Å². The second-order valence-electron chi connectivity index (χ2n) is 2.33. The van der Waals surface area contributed by atoms with Gasteiger partial charge >= 0.3 is 6.03 Å². The lowest BCUT2D eigenvalue weighted by atomic mass is 10.3. The predicted molar refractivity (Wildman–Crippen MR) is 54.6 cm³/mol. The van der Waals surface area contributed by atoms with Gasteiger partial charge in [0.05, 0.1) is 0 Å². The lowest BCUT2D eigenvalue weighted by molar-refractivity contribution is 0.252. The summed E-state index contributed by atoms with van der Waals surface area (Å²) < 4.78 is 0. The normalized spacial score (nSPS) is 9.38. The third-order valence-corrected chi connectivity index (χ3v) is 2.18. The van der Waals surface area contributed by atoms with E-state index in [1.165, 1.54) is 0 Å². The van der Waals surface area contributed by atoms with Gasteiger partial charge in [-0.15, -0.1) is 11.8 Å². The van der Waals surface area contributed by atoms with Crippen molar-refractivity contribution in [1.29, 1.82) is 0 Å². The molecule has 4 nitrogen and oxygen atoms in total. The summed E-state index contributed by atoms with van der Waals surface area (Å²) >= 11 is 1.61. The molecule has 0 saturated heterocycles. The van der Waals surface area contributed by atoms with Crippen molar-refractivity contribution in [1.82, 2.24) is 5.43 Å². The van der Waals surface area contributed by atoms with Crippen LogP contribution in [-0.4, -0.2) is 12.3 Å². The second-order valence-corrected chi connectivity index (χ2v) is 3.21. The zero-order valence-corrected chi connectivity index (χ0v) is 8.02. The number of carbonyl (C=O) groups excluding carboxylic acids is 1. The van der Waals surface area contributed by atoms with E-state index in [1.807, 2.05) is 29.9 Å². The molecule has 0 spiro atoms. The van der Waals surface area contributed by atoms with E-state index in [2.05, 4.69) is 5.32 Å². The largest absolute Gasteiger partial charge is 0.333 e. The van der Waals surface area contributed by atoms with Gasteiger partial charge in [-0.05, 0) is 24.5 Å². The predicted octanol–water partition coefficient (Wildman–Crippen LogP) is 1.40. The number of nitrogens with two attached hydrogens (primary N) is 1. The molecule has 0 atom stereocenters. The first-order valence-corrected chi connectivity index (χ1v) is 4.90. The van der Waals surface area contributed by atoms with Crippen molar-refractivity contribution < 1.29 is 4.79 Å². The van der Waals surface area contributed by atoms with Gasteiger partial charge in [0, 0.05) is 10.6 Å². The first kappa shape index (κ1) is 9.88. The van der Waals surface area contributed by atoms with Gasteiger partial charge in [-0.25, -0.2) is 10.6 Å². The van der Waals surface area contributed by atoms with Crippen molar-refractivity contribution in [3.05, 3.63) is 24.3 Å². The quantitative estimate of drug-likeness (QED) is 0.290. The number of thioether (sulfide) groups is 1. The molecule has 2 amide bonds. The average molecular weight is 197 g/mol. The van der Waals surface area contributed by atoms with E-state index in [1.54, 1.807) is 17.8 Å². The summed E-state index contributed by atoms with van der Waals surface area (Å²) in [6.45, 7) is 0. The fourth-order valence-electron chi connectivity index (χ4n) is 0.868. The SMILES string of the molecule is CSc1cccc(NC(=O)NN)c1. The number of carbonyl (C=O) groups is 1. The highest BCUT2D eigenvalue weighted by Crippen LogP contribution is 2.18. The molecule has 0 aliphatic carbocycles. The Labute approximate surface area is 80.9 Å². The zero-order chi connectivity index (χ0) is 9.68. The van der Waals surface area contributed by atoms with Crippen LogP contribution in [0.1, 0.15) is 0 Å². The van der Waals surface area contributed by atoms with Gasteiger partial charge < -0.3 is 5.32 Å². The number of urea groups is 1. The molecular formula is C8H11N3OS. The maximum atomic E-state index is 10.8. The molecule has 0 saturated carbocycles. The van der Waals surface area contributed by atoms with Crippen molar-refractivity contribution >= 4 is 23.5 Å². The third kappa shape index (κ3) is 2.96. The van der Waals surface area contributed by atoms with Crippen LogP contribution in [0.25, 0.3) is 0 Å². The van der Waals surface area contributed by atoms with Crippen LogP contribution in [0, 0.1) is 0 Å². The van der Waals surface area contributed by atoms with Gasteiger partial charge in [0.15, 0.2) is 0 Å². The van der Waals surface area contributed by atoms with E-state index in [0.29, 0.717) is 0 Å². The molecule has 1 aromatic carbocycles. The lowest BCUT2D eigenvalue weighted by Crippen LogP contribution is -2.34. The Hall–Kier alpha value is -1.20. The number of hydrogen-bond acceptors (Lipinski definition) is 3. The highest BCUT2D eigenvalue weighted by molar-refractivity contribution is 7.98. The molecule has 0 aliphatic rings. The number of nitrogens with one attached hydrogen (secondary N) is 2. The number of anilines is 1. The van der Waals surface area contributed by atoms with Crippen molar-refractivity contribution in [2.75, 3.05) is 11.6 Å². The molecule has 13 heavy (non-hydrogen) atoms. The van der Waals surface area contributed by atoms with Gasteiger partial charge in [-0.3, -0.25) is 5.43 Å². The van der Waals surface area contributed by atoms with Crippen molar-refractivity contribution in [2.45, 2.75) is 4.90 Å². The highest BCUT2D eigenvalue weighted by Gasteiger charge is 1.98. The Morgan fingerprint density at radius 2 is 2.31 bits per heavy atom. The van der Waals surface area contributed by atoms with Gasteiger partial charge in [-0.2, -0.15) is 0 Å². The molecule has 1 rings (SSSR count). The van der Waals surface area contributed by atoms with Crippen LogP contribution in [0.15, 0.2) is 29.2 Å². The molecule has 1 aromatic rings. The van der Waals surface area contributed by atoms with Gasteiger partial charge in [0.2, 0.25) is 0 Å². The molecule has 0 aromatic heterocycles. The summed E-state index contributed by atoms with van der Waals surface area (Å²) in [7, 11) is 0. The number of hydrazine groups is 1. The lowest BCUT2D eigenvalue weighted by Gasteiger charge is -2.04. The third-order valence-electron chi connectivity index (χ3n) is 1.46. The Balaban J connectivity index is 2.71. The van der Waals surface area contributed by atoms with Crippen molar-refractivity contribution in [3.63, 3.8) is 0 Å². The van der Waals surface area contributed by atoms with E-state index in [4.69, 9.17) is 5.84 Å². The first-order chi connectivity index (χ1) is 6.26. The van der Waals surface area contributed by atoms with Crippen LogP contribution >= 0.6 is 11.8 Å². The summed E-state index contributed by atoms with van der Waals surface area (Å²) in [5.41, 5.74) is 2.73. The number of hydrogen-bond donors (Lipinski definition) is 3. The highest BCUT2D eigenvalue weighted by atomic mass is 32.2.